The fraction of sp³-hybridized carbons (Fsp3) is 0.167. The molecule has 0 spiro atoms. The van der Waals surface area contributed by atoms with Crippen LogP contribution in [-0.2, 0) is 20.0 Å². The van der Waals surface area contributed by atoms with Crippen LogP contribution in [0.3, 0.4) is 0 Å². The van der Waals surface area contributed by atoms with Crippen molar-refractivity contribution in [3.05, 3.63) is 99.9 Å². The van der Waals surface area contributed by atoms with Gasteiger partial charge in [0.15, 0.2) is 0 Å². The first-order valence-electron chi connectivity index (χ1n) is 10.4. The van der Waals surface area contributed by atoms with E-state index in [2.05, 4.69) is 26.7 Å². The maximum absolute atomic E-state index is 13.3. The highest BCUT2D eigenvalue weighted by molar-refractivity contribution is 7.89. The van der Waals surface area contributed by atoms with Crippen molar-refractivity contribution in [3.8, 4) is 12.0 Å². The van der Waals surface area contributed by atoms with Crippen LogP contribution in [0.1, 0.15) is 16.7 Å². The molecule has 3 rings (SSSR count). The van der Waals surface area contributed by atoms with E-state index in [1.54, 1.807) is 48.5 Å². The Labute approximate surface area is 205 Å². The van der Waals surface area contributed by atoms with Crippen molar-refractivity contribution in [2.24, 2.45) is 5.11 Å². The van der Waals surface area contributed by atoms with Crippen LogP contribution in [0.5, 0.6) is 0 Å². The summed E-state index contributed by atoms with van der Waals surface area (Å²) in [5, 5.41) is 3.57. The topological polar surface area (TPSA) is 132 Å². The van der Waals surface area contributed by atoms with E-state index in [9.17, 15) is 16.8 Å². The van der Waals surface area contributed by atoms with Gasteiger partial charge in [0.2, 0.25) is 10.0 Å². The summed E-state index contributed by atoms with van der Waals surface area (Å²) in [4.78, 5) is 2.85. The molecule has 3 aromatic carbocycles. The average molecular weight is 510 g/mol. The molecular formula is C24H23N5O4S2. The summed E-state index contributed by atoms with van der Waals surface area (Å²) in [5.41, 5.74) is 11.1. The summed E-state index contributed by atoms with van der Waals surface area (Å²) < 4.78 is 55.1. The second-order valence-corrected chi connectivity index (χ2v) is 11.2. The highest BCUT2D eigenvalue weighted by atomic mass is 32.2. The van der Waals surface area contributed by atoms with E-state index in [1.165, 1.54) is 24.3 Å². The van der Waals surface area contributed by atoms with Crippen LogP contribution < -0.4 is 4.72 Å². The van der Waals surface area contributed by atoms with Crippen LogP contribution in [0, 0.1) is 25.8 Å². The summed E-state index contributed by atoms with van der Waals surface area (Å²) in [6.45, 7) is 3.21. The first-order valence-corrected chi connectivity index (χ1v) is 13.4. The number of benzene rings is 3. The predicted molar refractivity (Wildman–Crippen MR) is 134 cm³/mol. The minimum atomic E-state index is -4.08. The number of sulfonamides is 2. The van der Waals surface area contributed by atoms with Crippen LogP contribution in [0.25, 0.3) is 10.4 Å². The van der Waals surface area contributed by atoms with Crippen LogP contribution >= 0.6 is 0 Å². The quantitative estimate of drug-likeness (QED) is 0.160. The third kappa shape index (κ3) is 6.62. The van der Waals surface area contributed by atoms with Gasteiger partial charge in [0.05, 0.1) is 22.0 Å². The maximum Gasteiger partial charge on any atom is 0.271 e. The Kier molecular flexibility index (Phi) is 8.17. The van der Waals surface area contributed by atoms with Crippen molar-refractivity contribution in [2.75, 3.05) is 13.1 Å². The van der Waals surface area contributed by atoms with Gasteiger partial charge in [-0.15, -0.1) is 0 Å². The number of nitrogens with zero attached hydrogens (tertiary/aromatic N) is 4. The van der Waals surface area contributed by atoms with Gasteiger partial charge in [-0.3, -0.25) is 0 Å². The molecule has 0 atom stereocenters. The highest BCUT2D eigenvalue weighted by Gasteiger charge is 2.23. The summed E-state index contributed by atoms with van der Waals surface area (Å²) in [7, 11) is -7.92. The van der Waals surface area contributed by atoms with E-state index in [0.717, 1.165) is 15.4 Å². The summed E-state index contributed by atoms with van der Waals surface area (Å²) in [6.07, 6.45) is 0. The van der Waals surface area contributed by atoms with Crippen LogP contribution in [0.15, 0.2) is 87.7 Å². The van der Waals surface area contributed by atoms with Crippen LogP contribution in [0.2, 0.25) is 0 Å². The van der Waals surface area contributed by atoms with Crippen molar-refractivity contribution in [2.45, 2.75) is 23.6 Å². The Morgan fingerprint density at radius 2 is 1.46 bits per heavy atom. The van der Waals surface area contributed by atoms with Gasteiger partial charge in [0.1, 0.15) is 0 Å². The first kappa shape index (κ1) is 25.8. The predicted octanol–water partition coefficient (Wildman–Crippen LogP) is 4.22. The molecule has 11 heteroatoms. The standard InChI is InChI=1S/C24H23N5O4S2/c1-19-7-11-22(12-8-19)34(30,31)26-16-18-29(35(32,33)23-13-9-20(2)10-14-23)17-15-21-5-3-4-6-24(21)27-28-25/h3-14,26H,16,18H2,1-2H3. The number of rotatable bonds is 8. The van der Waals surface area contributed by atoms with Crippen molar-refractivity contribution in [1.29, 1.82) is 0 Å². The molecule has 3 aromatic rings. The molecule has 0 saturated heterocycles. The maximum atomic E-state index is 13.3. The molecule has 0 aliphatic rings. The van der Waals surface area contributed by atoms with Gasteiger partial charge in [-0.1, -0.05) is 58.7 Å². The third-order valence-electron chi connectivity index (χ3n) is 4.92. The van der Waals surface area contributed by atoms with E-state index in [0.29, 0.717) is 5.56 Å². The number of hydrogen-bond donors (Lipinski definition) is 1. The fourth-order valence-electron chi connectivity index (χ4n) is 2.99. The first-order chi connectivity index (χ1) is 16.6. The molecule has 1 N–H and O–H groups in total. The van der Waals surface area contributed by atoms with Gasteiger partial charge >= 0.3 is 0 Å². The minimum Gasteiger partial charge on any atom is -0.223 e. The van der Waals surface area contributed by atoms with Gasteiger partial charge < -0.3 is 0 Å². The number of azide groups is 1. The van der Waals surface area contributed by atoms with E-state index >= 15 is 0 Å². The van der Waals surface area contributed by atoms with Crippen molar-refractivity contribution in [3.63, 3.8) is 0 Å². The Balaban J connectivity index is 1.91. The van der Waals surface area contributed by atoms with Crippen molar-refractivity contribution < 1.29 is 16.8 Å². The molecule has 35 heavy (non-hydrogen) atoms. The molecule has 0 unspecified atom stereocenters. The van der Waals surface area contributed by atoms with Crippen molar-refractivity contribution >= 4 is 25.7 Å². The van der Waals surface area contributed by atoms with Gasteiger partial charge in [-0.2, -0.15) is 0 Å². The lowest BCUT2D eigenvalue weighted by Crippen LogP contribution is -2.36. The molecule has 0 radical (unpaired) electrons. The lowest BCUT2D eigenvalue weighted by atomic mass is 10.2. The zero-order valence-corrected chi connectivity index (χ0v) is 20.7. The monoisotopic (exact) mass is 509 g/mol. The Bertz CT molecular complexity index is 1520. The van der Waals surface area contributed by atoms with Gasteiger partial charge in [0.25, 0.3) is 10.0 Å². The lowest BCUT2D eigenvalue weighted by molar-refractivity contribution is 0.506. The van der Waals surface area contributed by atoms with Crippen LogP contribution in [-0.4, -0.2) is 34.2 Å². The average Bonchev–Trinajstić information content (AvgIpc) is 2.82. The molecular weight excluding hydrogens is 486 g/mol. The van der Waals surface area contributed by atoms with Crippen LogP contribution in [0.4, 0.5) is 5.69 Å². The number of nitrogens with one attached hydrogen (secondary N) is 1. The van der Waals surface area contributed by atoms with Gasteiger partial charge in [0, 0.05) is 23.1 Å². The number of hydrogen-bond acceptors (Lipinski definition) is 5. The van der Waals surface area contributed by atoms with Gasteiger partial charge in [-0.25, -0.2) is 25.9 Å². The molecule has 0 aliphatic carbocycles. The molecule has 0 aromatic heterocycles. The molecule has 180 valence electrons. The third-order valence-corrected chi connectivity index (χ3v) is 8.12. The van der Waals surface area contributed by atoms with E-state index in [-0.39, 0.29) is 28.6 Å². The Morgan fingerprint density at radius 1 is 0.886 bits per heavy atom. The summed E-state index contributed by atoms with van der Waals surface area (Å²) in [6, 6.07) is 21.6. The summed E-state index contributed by atoms with van der Waals surface area (Å²) in [5.74, 6) is 2.73. The molecule has 0 saturated carbocycles. The SMILES string of the molecule is Cc1ccc(S(=O)(=O)NCCN(C#Cc2ccccc2N=[N+]=[N-])S(=O)(=O)c2ccc(C)cc2)cc1. The Morgan fingerprint density at radius 3 is 2.06 bits per heavy atom. The summed E-state index contributed by atoms with van der Waals surface area (Å²) >= 11 is 0. The van der Waals surface area contributed by atoms with Crippen molar-refractivity contribution in [1.82, 2.24) is 9.03 Å². The molecule has 0 bridgehead atoms. The lowest BCUT2D eigenvalue weighted by Gasteiger charge is -2.18. The fourth-order valence-corrected chi connectivity index (χ4v) is 5.25. The zero-order valence-electron chi connectivity index (χ0n) is 19.1. The normalized spacial score (nSPS) is 11.1. The van der Waals surface area contributed by atoms with E-state index in [4.69, 9.17) is 5.53 Å². The Hall–Kier alpha value is -3.81. The highest BCUT2D eigenvalue weighted by Crippen LogP contribution is 2.19. The second kappa shape index (κ2) is 11.1. The zero-order chi connectivity index (χ0) is 25.5. The molecule has 0 aliphatic heterocycles. The van der Waals surface area contributed by atoms with E-state index in [1.807, 2.05) is 13.8 Å². The number of aryl methyl sites for hydroxylation is 2. The van der Waals surface area contributed by atoms with E-state index < -0.39 is 20.0 Å². The second-order valence-electron chi connectivity index (χ2n) is 7.54. The smallest absolute Gasteiger partial charge is 0.223 e. The molecule has 0 fully saturated rings. The minimum absolute atomic E-state index is 0.0159. The largest absolute Gasteiger partial charge is 0.271 e. The molecule has 9 nitrogen and oxygen atoms in total. The van der Waals surface area contributed by atoms with Gasteiger partial charge in [-0.05, 0) is 55.6 Å². The molecule has 0 amide bonds. The molecule has 0 heterocycles.